The Morgan fingerprint density at radius 3 is 2.07 bits per heavy atom. The largest absolute Gasteiger partial charge is 0.480 e. The number of hydrogen-bond acceptors (Lipinski definition) is 5. The number of fused-ring (bicyclic) bond motifs is 3. The zero-order valence-corrected chi connectivity index (χ0v) is 23.9. The van der Waals surface area contributed by atoms with Crippen LogP contribution in [0, 0.1) is 11.8 Å². The predicted molar refractivity (Wildman–Crippen MR) is 158 cm³/mol. The SMILES string of the molecule is CC(C)C(CNC(=O)OCC1c2ccccc2-c2ccccc21)CC(=O)NC(CN(C)Cc1ccccc1)C(=O)O. The number of hydrogen-bond donors (Lipinski definition) is 3. The molecule has 0 heterocycles. The average Bonchev–Trinajstić information content (AvgIpc) is 3.27. The van der Waals surface area contributed by atoms with E-state index in [4.69, 9.17) is 4.74 Å². The van der Waals surface area contributed by atoms with Crippen molar-refractivity contribution >= 4 is 18.0 Å². The summed E-state index contributed by atoms with van der Waals surface area (Å²) < 4.78 is 5.63. The molecule has 216 valence electrons. The van der Waals surface area contributed by atoms with Crippen molar-refractivity contribution in [2.45, 2.75) is 38.8 Å². The van der Waals surface area contributed by atoms with Crippen molar-refractivity contribution in [3.8, 4) is 11.1 Å². The molecule has 1 aliphatic carbocycles. The smallest absolute Gasteiger partial charge is 0.407 e. The number of benzene rings is 3. The number of carboxylic acid groups (broad SMARTS) is 1. The number of aliphatic carboxylic acids is 1. The summed E-state index contributed by atoms with van der Waals surface area (Å²) in [5.41, 5.74) is 5.66. The summed E-state index contributed by atoms with van der Waals surface area (Å²) in [7, 11) is 1.82. The van der Waals surface area contributed by atoms with Gasteiger partial charge < -0.3 is 20.5 Å². The van der Waals surface area contributed by atoms with E-state index in [1.54, 1.807) is 0 Å². The van der Waals surface area contributed by atoms with Crippen LogP contribution in [0.3, 0.4) is 0 Å². The Labute approximate surface area is 241 Å². The fraction of sp³-hybridized carbons (Fsp3) is 0.364. The molecule has 2 unspecified atom stereocenters. The lowest BCUT2D eigenvalue weighted by Gasteiger charge is -2.25. The fourth-order valence-corrected chi connectivity index (χ4v) is 5.36. The first-order valence-corrected chi connectivity index (χ1v) is 14.1. The molecule has 3 aromatic rings. The van der Waals surface area contributed by atoms with Gasteiger partial charge in [0, 0.05) is 32.0 Å². The Bertz CT molecular complexity index is 1300. The van der Waals surface area contributed by atoms with Gasteiger partial charge in [0.25, 0.3) is 0 Å². The molecule has 3 aromatic carbocycles. The van der Waals surface area contributed by atoms with Gasteiger partial charge in [-0.1, -0.05) is 92.7 Å². The van der Waals surface area contributed by atoms with Crippen LogP contribution in [-0.2, 0) is 20.9 Å². The Morgan fingerprint density at radius 1 is 0.902 bits per heavy atom. The molecule has 0 saturated heterocycles. The topological polar surface area (TPSA) is 108 Å². The summed E-state index contributed by atoms with van der Waals surface area (Å²) in [6.07, 6.45) is -0.447. The molecule has 41 heavy (non-hydrogen) atoms. The van der Waals surface area contributed by atoms with Crippen LogP contribution >= 0.6 is 0 Å². The summed E-state index contributed by atoms with van der Waals surface area (Å²) in [5, 5.41) is 15.2. The van der Waals surface area contributed by atoms with E-state index in [2.05, 4.69) is 34.9 Å². The minimum atomic E-state index is -1.09. The van der Waals surface area contributed by atoms with Crippen LogP contribution in [0.15, 0.2) is 78.9 Å². The second-order valence-corrected chi connectivity index (χ2v) is 11.1. The first kappa shape index (κ1) is 29.8. The Morgan fingerprint density at radius 2 is 1.49 bits per heavy atom. The highest BCUT2D eigenvalue weighted by Gasteiger charge is 2.29. The van der Waals surface area contributed by atoms with E-state index in [9.17, 15) is 19.5 Å². The minimum absolute atomic E-state index is 0.0344. The molecule has 2 amide bonds. The quantitative estimate of drug-likeness (QED) is 0.276. The van der Waals surface area contributed by atoms with Crippen LogP contribution < -0.4 is 10.6 Å². The van der Waals surface area contributed by atoms with E-state index in [0.29, 0.717) is 6.54 Å². The Hall–Kier alpha value is -4.17. The minimum Gasteiger partial charge on any atom is -0.480 e. The number of alkyl carbamates (subject to hydrolysis) is 1. The molecule has 0 radical (unpaired) electrons. The Kier molecular flexibility index (Phi) is 10.1. The molecule has 0 spiro atoms. The van der Waals surface area contributed by atoms with E-state index < -0.39 is 18.1 Å². The van der Waals surface area contributed by atoms with E-state index in [0.717, 1.165) is 27.8 Å². The highest BCUT2D eigenvalue weighted by atomic mass is 16.5. The van der Waals surface area contributed by atoms with E-state index in [-0.39, 0.29) is 49.8 Å². The van der Waals surface area contributed by atoms with Crippen LogP contribution in [0.4, 0.5) is 4.79 Å². The van der Waals surface area contributed by atoms with Crippen molar-refractivity contribution < 1.29 is 24.2 Å². The van der Waals surface area contributed by atoms with Gasteiger partial charge in [0.05, 0.1) is 0 Å². The first-order chi connectivity index (χ1) is 19.7. The maximum absolute atomic E-state index is 12.9. The number of likely N-dealkylation sites (N-methyl/N-ethyl adjacent to an activating group) is 1. The van der Waals surface area contributed by atoms with Crippen LogP contribution in [0.2, 0.25) is 0 Å². The van der Waals surface area contributed by atoms with Crippen molar-refractivity contribution in [3.05, 3.63) is 95.6 Å². The van der Waals surface area contributed by atoms with Gasteiger partial charge in [-0.3, -0.25) is 9.69 Å². The van der Waals surface area contributed by atoms with Crippen molar-refractivity contribution in [2.75, 3.05) is 26.7 Å². The summed E-state index contributed by atoms with van der Waals surface area (Å²) in [5.74, 6) is -1.59. The lowest BCUT2D eigenvalue weighted by Crippen LogP contribution is -2.48. The summed E-state index contributed by atoms with van der Waals surface area (Å²) in [6.45, 7) is 5.13. The lowest BCUT2D eigenvalue weighted by molar-refractivity contribution is -0.142. The summed E-state index contributed by atoms with van der Waals surface area (Å²) in [4.78, 5) is 39.3. The molecule has 0 bridgehead atoms. The molecular formula is C33H39N3O5. The number of carbonyl (C=O) groups excluding carboxylic acids is 2. The van der Waals surface area contributed by atoms with Crippen molar-refractivity contribution in [1.29, 1.82) is 0 Å². The maximum atomic E-state index is 12.9. The third-order valence-corrected chi connectivity index (χ3v) is 7.67. The van der Waals surface area contributed by atoms with Crippen molar-refractivity contribution in [2.24, 2.45) is 11.8 Å². The molecule has 1 aliphatic rings. The van der Waals surface area contributed by atoms with Crippen molar-refractivity contribution in [1.82, 2.24) is 15.5 Å². The summed E-state index contributed by atoms with van der Waals surface area (Å²) >= 11 is 0. The molecule has 2 atom stereocenters. The zero-order chi connectivity index (χ0) is 29.4. The molecule has 0 aliphatic heterocycles. The van der Waals surface area contributed by atoms with Crippen LogP contribution in [0.1, 0.15) is 42.9 Å². The molecule has 0 fully saturated rings. The molecule has 4 rings (SSSR count). The van der Waals surface area contributed by atoms with Gasteiger partial charge in [0.2, 0.25) is 5.91 Å². The van der Waals surface area contributed by atoms with Gasteiger partial charge in [-0.25, -0.2) is 9.59 Å². The third-order valence-electron chi connectivity index (χ3n) is 7.67. The second-order valence-electron chi connectivity index (χ2n) is 11.1. The number of ether oxygens (including phenoxy) is 1. The average molecular weight is 558 g/mol. The predicted octanol–water partition coefficient (Wildman–Crippen LogP) is 4.89. The van der Waals surface area contributed by atoms with E-state index >= 15 is 0 Å². The van der Waals surface area contributed by atoms with Crippen molar-refractivity contribution in [3.63, 3.8) is 0 Å². The van der Waals surface area contributed by atoms with Crippen LogP contribution in [0.25, 0.3) is 11.1 Å². The van der Waals surface area contributed by atoms with Gasteiger partial charge in [-0.2, -0.15) is 0 Å². The molecule has 3 N–H and O–H groups in total. The summed E-state index contributed by atoms with van der Waals surface area (Å²) in [6, 6.07) is 25.0. The van der Waals surface area contributed by atoms with Gasteiger partial charge >= 0.3 is 12.1 Å². The Balaban J connectivity index is 1.26. The number of nitrogens with one attached hydrogen (secondary N) is 2. The lowest BCUT2D eigenvalue weighted by atomic mass is 9.92. The van der Waals surface area contributed by atoms with E-state index in [1.165, 1.54) is 0 Å². The number of carbonyl (C=O) groups is 3. The number of carboxylic acids is 1. The molecule has 0 saturated carbocycles. The number of amides is 2. The van der Waals surface area contributed by atoms with Crippen LogP contribution in [0.5, 0.6) is 0 Å². The third kappa shape index (κ3) is 7.95. The molecule has 8 nitrogen and oxygen atoms in total. The fourth-order valence-electron chi connectivity index (χ4n) is 5.36. The number of rotatable bonds is 13. The number of nitrogens with zero attached hydrogens (tertiary/aromatic N) is 1. The van der Waals surface area contributed by atoms with E-state index in [1.807, 2.05) is 80.4 Å². The molecular weight excluding hydrogens is 518 g/mol. The van der Waals surface area contributed by atoms with Crippen LogP contribution in [-0.4, -0.2) is 60.8 Å². The monoisotopic (exact) mass is 557 g/mol. The zero-order valence-electron chi connectivity index (χ0n) is 23.9. The highest BCUT2D eigenvalue weighted by molar-refractivity contribution is 5.84. The highest BCUT2D eigenvalue weighted by Crippen LogP contribution is 2.44. The second kappa shape index (κ2) is 13.9. The molecule has 8 heteroatoms. The van der Waals surface area contributed by atoms with Gasteiger partial charge in [0.15, 0.2) is 0 Å². The standard InChI is InChI=1S/C33H39N3O5/c1-22(2)24(17-31(37)35-30(32(38)39)20-36(3)19-23-11-5-4-6-12-23)18-34-33(40)41-21-29-27-15-9-7-13-25(27)26-14-8-10-16-28(26)29/h4-16,22,24,29-30H,17-21H2,1-3H3,(H,34,40)(H,35,37)(H,38,39). The molecule has 0 aromatic heterocycles. The normalized spacial score (nSPS) is 13.8. The van der Waals surface area contributed by atoms with Gasteiger partial charge in [-0.15, -0.1) is 0 Å². The van der Waals surface area contributed by atoms with Gasteiger partial charge in [-0.05, 0) is 46.7 Å². The maximum Gasteiger partial charge on any atom is 0.407 e. The van der Waals surface area contributed by atoms with Gasteiger partial charge in [0.1, 0.15) is 12.6 Å². The first-order valence-electron chi connectivity index (χ1n) is 14.1.